The number of aromatic nitrogens is 2. The number of phenolic OH excluding ortho intramolecular Hbond substituents is 1. The molecular weight excluding hydrogens is 315 g/mol. The molecule has 3 aromatic carbocycles. The second-order valence-corrected chi connectivity index (χ2v) is 5.70. The highest BCUT2D eigenvalue weighted by Crippen LogP contribution is 2.35. The van der Waals surface area contributed by atoms with Gasteiger partial charge in [-0.05, 0) is 36.4 Å². The first-order valence-electron chi connectivity index (χ1n) is 7.92. The molecule has 0 radical (unpaired) electrons. The van der Waals surface area contributed by atoms with Gasteiger partial charge in [0.05, 0.1) is 17.0 Å². The van der Waals surface area contributed by atoms with E-state index in [0.717, 1.165) is 22.5 Å². The summed E-state index contributed by atoms with van der Waals surface area (Å²) in [5, 5.41) is 10.1. The summed E-state index contributed by atoms with van der Waals surface area (Å²) >= 11 is 0. The van der Waals surface area contributed by atoms with E-state index in [2.05, 4.69) is 4.98 Å². The molecule has 0 amide bonds. The summed E-state index contributed by atoms with van der Waals surface area (Å²) in [6.07, 6.45) is 0. The fourth-order valence-corrected chi connectivity index (χ4v) is 2.81. The first-order chi connectivity index (χ1) is 12.2. The van der Waals surface area contributed by atoms with Crippen molar-refractivity contribution in [2.24, 2.45) is 0 Å². The van der Waals surface area contributed by atoms with Gasteiger partial charge in [0.25, 0.3) is 0 Å². The monoisotopic (exact) mass is 330 g/mol. The van der Waals surface area contributed by atoms with Gasteiger partial charge in [-0.1, -0.05) is 42.5 Å². The lowest BCUT2D eigenvalue weighted by Crippen LogP contribution is -1.84. The van der Waals surface area contributed by atoms with Gasteiger partial charge in [-0.3, -0.25) is 0 Å². The minimum absolute atomic E-state index is 0.154. The molecule has 0 aliphatic heterocycles. The van der Waals surface area contributed by atoms with Crippen LogP contribution in [-0.2, 0) is 0 Å². The largest absolute Gasteiger partial charge is 0.507 e. The number of phenols is 1. The minimum atomic E-state index is -0.287. The van der Waals surface area contributed by atoms with Crippen LogP contribution in [0.1, 0.15) is 0 Å². The summed E-state index contributed by atoms with van der Waals surface area (Å²) in [4.78, 5) is 7.98. The zero-order valence-electron chi connectivity index (χ0n) is 13.3. The van der Waals surface area contributed by atoms with Crippen LogP contribution in [0, 0.1) is 5.82 Å². The molecule has 0 saturated heterocycles. The van der Waals surface area contributed by atoms with E-state index in [9.17, 15) is 9.50 Å². The van der Waals surface area contributed by atoms with Crippen LogP contribution in [-0.4, -0.2) is 15.1 Å². The number of nitrogens with one attached hydrogen (secondary N) is 1. The maximum Gasteiger partial charge on any atom is 0.142 e. The molecule has 25 heavy (non-hydrogen) atoms. The van der Waals surface area contributed by atoms with Crippen molar-refractivity contribution in [3.8, 4) is 39.7 Å². The molecule has 2 N–H and O–H groups in total. The standard InChI is InChI=1S/C21H15FN2O/c22-16-12-10-15(11-13-16)20-19(14-6-2-1-3-7-14)23-21(24-20)17-8-4-5-9-18(17)25/h1-13,25H,(H,23,24). The Hall–Kier alpha value is -3.40. The molecule has 0 saturated carbocycles. The van der Waals surface area contributed by atoms with Gasteiger partial charge in [0.2, 0.25) is 0 Å². The lowest BCUT2D eigenvalue weighted by Gasteiger charge is -2.03. The molecule has 0 spiro atoms. The highest BCUT2D eigenvalue weighted by Gasteiger charge is 2.16. The van der Waals surface area contributed by atoms with E-state index in [-0.39, 0.29) is 11.6 Å². The van der Waals surface area contributed by atoms with Crippen molar-refractivity contribution in [3.63, 3.8) is 0 Å². The third-order valence-electron chi connectivity index (χ3n) is 4.04. The summed E-state index contributed by atoms with van der Waals surface area (Å²) in [7, 11) is 0. The van der Waals surface area contributed by atoms with Gasteiger partial charge < -0.3 is 10.1 Å². The van der Waals surface area contributed by atoms with Crippen LogP contribution in [0.4, 0.5) is 4.39 Å². The quantitative estimate of drug-likeness (QED) is 0.538. The molecule has 1 heterocycles. The smallest absolute Gasteiger partial charge is 0.142 e. The molecule has 0 unspecified atom stereocenters. The lowest BCUT2D eigenvalue weighted by atomic mass is 10.1. The number of benzene rings is 3. The first kappa shape index (κ1) is 15.1. The van der Waals surface area contributed by atoms with Gasteiger partial charge >= 0.3 is 0 Å². The maximum atomic E-state index is 13.3. The Kier molecular flexibility index (Phi) is 3.78. The van der Waals surface area contributed by atoms with Gasteiger partial charge in [-0.2, -0.15) is 0 Å². The zero-order valence-corrected chi connectivity index (χ0v) is 13.3. The summed E-state index contributed by atoms with van der Waals surface area (Å²) in [5.41, 5.74) is 3.93. The molecule has 0 aliphatic carbocycles. The van der Waals surface area contributed by atoms with Gasteiger partial charge in [-0.15, -0.1) is 0 Å². The Bertz CT molecular complexity index is 1010. The molecule has 4 rings (SSSR count). The molecule has 4 heteroatoms. The fraction of sp³-hybridized carbons (Fsp3) is 0. The van der Waals surface area contributed by atoms with Crippen LogP contribution < -0.4 is 0 Å². The Morgan fingerprint density at radius 1 is 0.760 bits per heavy atom. The van der Waals surface area contributed by atoms with E-state index >= 15 is 0 Å². The summed E-state index contributed by atoms with van der Waals surface area (Å²) in [5.74, 6) is 0.434. The summed E-state index contributed by atoms with van der Waals surface area (Å²) in [6.45, 7) is 0. The molecule has 0 bridgehead atoms. The number of rotatable bonds is 3. The average Bonchev–Trinajstić information content (AvgIpc) is 3.08. The normalized spacial score (nSPS) is 10.8. The van der Waals surface area contributed by atoms with Crippen molar-refractivity contribution >= 4 is 0 Å². The number of nitrogens with zero attached hydrogens (tertiary/aromatic N) is 1. The van der Waals surface area contributed by atoms with Crippen molar-refractivity contribution in [3.05, 3.63) is 84.7 Å². The van der Waals surface area contributed by atoms with Crippen molar-refractivity contribution in [2.45, 2.75) is 0 Å². The van der Waals surface area contributed by atoms with Crippen LogP contribution in [0.2, 0.25) is 0 Å². The first-order valence-corrected chi connectivity index (χ1v) is 7.92. The molecule has 4 aromatic rings. The Morgan fingerprint density at radius 3 is 2.16 bits per heavy atom. The lowest BCUT2D eigenvalue weighted by molar-refractivity contribution is 0.477. The highest BCUT2D eigenvalue weighted by atomic mass is 19.1. The molecule has 1 aromatic heterocycles. The fourth-order valence-electron chi connectivity index (χ4n) is 2.81. The Balaban J connectivity index is 1.92. The highest BCUT2D eigenvalue weighted by molar-refractivity contribution is 5.82. The molecule has 3 nitrogen and oxygen atoms in total. The zero-order chi connectivity index (χ0) is 17.2. The number of imidazole rings is 1. The van der Waals surface area contributed by atoms with E-state index in [4.69, 9.17) is 4.98 Å². The average molecular weight is 330 g/mol. The predicted molar refractivity (Wildman–Crippen MR) is 96.5 cm³/mol. The third-order valence-corrected chi connectivity index (χ3v) is 4.04. The predicted octanol–water partition coefficient (Wildman–Crippen LogP) is 5.26. The van der Waals surface area contributed by atoms with E-state index in [1.807, 2.05) is 36.4 Å². The van der Waals surface area contributed by atoms with Crippen LogP contribution in [0.5, 0.6) is 5.75 Å². The SMILES string of the molecule is Oc1ccccc1-c1nc(-c2ccccc2)c(-c2ccc(F)cc2)[nH]1. The number of H-pyrrole nitrogens is 1. The molecule has 0 atom stereocenters. The molecule has 0 fully saturated rings. The number of para-hydroxylation sites is 1. The topological polar surface area (TPSA) is 48.9 Å². The van der Waals surface area contributed by atoms with Gasteiger partial charge in [0.1, 0.15) is 17.4 Å². The number of aromatic amines is 1. The number of halogens is 1. The maximum absolute atomic E-state index is 13.3. The Morgan fingerprint density at radius 2 is 1.44 bits per heavy atom. The van der Waals surface area contributed by atoms with E-state index in [1.165, 1.54) is 12.1 Å². The molecule has 0 aliphatic rings. The number of hydrogen-bond donors (Lipinski definition) is 2. The van der Waals surface area contributed by atoms with E-state index in [1.54, 1.807) is 30.3 Å². The molecule has 122 valence electrons. The Labute approximate surface area is 144 Å². The second kappa shape index (κ2) is 6.24. The third kappa shape index (κ3) is 2.90. The minimum Gasteiger partial charge on any atom is -0.507 e. The van der Waals surface area contributed by atoms with Crippen LogP contribution >= 0.6 is 0 Å². The van der Waals surface area contributed by atoms with Gasteiger partial charge in [0, 0.05) is 11.1 Å². The van der Waals surface area contributed by atoms with E-state index < -0.39 is 0 Å². The second-order valence-electron chi connectivity index (χ2n) is 5.70. The van der Waals surface area contributed by atoms with Crippen molar-refractivity contribution < 1.29 is 9.50 Å². The summed E-state index contributed by atoms with van der Waals surface area (Å²) in [6, 6.07) is 23.1. The van der Waals surface area contributed by atoms with Gasteiger partial charge in [0.15, 0.2) is 0 Å². The number of aromatic hydroxyl groups is 1. The van der Waals surface area contributed by atoms with Crippen molar-refractivity contribution in [1.29, 1.82) is 0 Å². The van der Waals surface area contributed by atoms with E-state index in [0.29, 0.717) is 11.4 Å². The van der Waals surface area contributed by atoms with Gasteiger partial charge in [-0.25, -0.2) is 9.37 Å². The van der Waals surface area contributed by atoms with Crippen LogP contribution in [0.25, 0.3) is 33.9 Å². The number of hydrogen-bond acceptors (Lipinski definition) is 2. The van der Waals surface area contributed by atoms with Crippen LogP contribution in [0.15, 0.2) is 78.9 Å². The summed E-state index contributed by atoms with van der Waals surface area (Å²) < 4.78 is 13.3. The van der Waals surface area contributed by atoms with Crippen LogP contribution in [0.3, 0.4) is 0 Å². The van der Waals surface area contributed by atoms with Crippen molar-refractivity contribution in [1.82, 2.24) is 9.97 Å². The molecular formula is C21H15FN2O. The van der Waals surface area contributed by atoms with Crippen molar-refractivity contribution in [2.75, 3.05) is 0 Å².